The molecular weight excluding hydrogens is 302 g/mol. The number of carbonyl (C=O) groups is 2. The van der Waals surface area contributed by atoms with Crippen LogP contribution in [0.5, 0.6) is 0 Å². The molecule has 0 bridgehead atoms. The largest absolute Gasteiger partial charge is 0.481 e. The number of amides is 1. The zero-order valence-electron chi connectivity index (χ0n) is 12.4. The van der Waals surface area contributed by atoms with Crippen LogP contribution in [0.1, 0.15) is 44.1 Å². The Morgan fingerprint density at radius 3 is 2.32 bits per heavy atom. The molecule has 2 aliphatic carbocycles. The summed E-state index contributed by atoms with van der Waals surface area (Å²) in [7, 11) is 0. The minimum Gasteiger partial charge on any atom is -0.481 e. The third-order valence-electron chi connectivity index (χ3n) is 4.83. The number of halogens is 1. The maximum atomic E-state index is 12.6. The molecule has 2 fully saturated rings. The van der Waals surface area contributed by atoms with Gasteiger partial charge < -0.3 is 10.0 Å². The summed E-state index contributed by atoms with van der Waals surface area (Å²) in [6, 6.07) is 7.74. The predicted octanol–water partition coefficient (Wildman–Crippen LogP) is 3.48. The zero-order valence-corrected chi connectivity index (χ0v) is 13.2. The summed E-state index contributed by atoms with van der Waals surface area (Å²) in [5.41, 5.74) is 0.215. The Kier molecular flexibility index (Phi) is 4.13. The Morgan fingerprint density at radius 2 is 1.86 bits per heavy atom. The van der Waals surface area contributed by atoms with Crippen LogP contribution in [0.25, 0.3) is 0 Å². The van der Waals surface area contributed by atoms with Gasteiger partial charge in [-0.05, 0) is 43.4 Å². The van der Waals surface area contributed by atoms with Crippen molar-refractivity contribution >= 4 is 23.5 Å². The highest BCUT2D eigenvalue weighted by Gasteiger charge is 2.47. The highest BCUT2D eigenvalue weighted by molar-refractivity contribution is 6.30. The number of hydrogen-bond acceptors (Lipinski definition) is 2. The third kappa shape index (κ3) is 3.12. The minimum absolute atomic E-state index is 0.0282. The summed E-state index contributed by atoms with van der Waals surface area (Å²) in [4.78, 5) is 26.0. The first-order valence-corrected chi connectivity index (χ1v) is 8.15. The van der Waals surface area contributed by atoms with Gasteiger partial charge >= 0.3 is 5.97 Å². The van der Waals surface area contributed by atoms with E-state index < -0.39 is 11.4 Å². The van der Waals surface area contributed by atoms with Gasteiger partial charge in [0, 0.05) is 24.0 Å². The van der Waals surface area contributed by atoms with E-state index in [0.29, 0.717) is 24.4 Å². The average molecular weight is 322 g/mol. The monoisotopic (exact) mass is 321 g/mol. The van der Waals surface area contributed by atoms with Gasteiger partial charge in [0.1, 0.15) is 0 Å². The van der Waals surface area contributed by atoms with Gasteiger partial charge in [-0.3, -0.25) is 9.59 Å². The van der Waals surface area contributed by atoms with Crippen molar-refractivity contribution in [2.75, 3.05) is 0 Å². The van der Waals surface area contributed by atoms with Gasteiger partial charge in [0.05, 0.1) is 5.41 Å². The summed E-state index contributed by atoms with van der Waals surface area (Å²) in [5.74, 6) is -0.853. The highest BCUT2D eigenvalue weighted by Crippen LogP contribution is 2.45. The van der Waals surface area contributed by atoms with Gasteiger partial charge in [-0.1, -0.05) is 30.2 Å². The fraction of sp³-hybridized carbons (Fsp3) is 0.529. The third-order valence-corrected chi connectivity index (χ3v) is 5.08. The molecule has 22 heavy (non-hydrogen) atoms. The molecule has 3 rings (SSSR count). The van der Waals surface area contributed by atoms with Crippen LogP contribution < -0.4 is 0 Å². The second-order valence-electron chi connectivity index (χ2n) is 6.50. The van der Waals surface area contributed by atoms with Crippen molar-refractivity contribution in [1.82, 2.24) is 4.90 Å². The van der Waals surface area contributed by atoms with Gasteiger partial charge in [0.2, 0.25) is 5.91 Å². The first-order valence-electron chi connectivity index (χ1n) is 7.77. The van der Waals surface area contributed by atoms with Gasteiger partial charge in [-0.2, -0.15) is 0 Å². The standard InChI is InChI=1S/C17H20ClNO3/c18-13-4-2-12(3-5-13)11-19(14-6-7-14)15(20)10-17(16(21)22)8-1-9-17/h2-5,14H,1,6-11H2,(H,21,22). The van der Waals surface area contributed by atoms with Crippen molar-refractivity contribution in [3.8, 4) is 0 Å². The summed E-state index contributed by atoms with van der Waals surface area (Å²) in [6.45, 7) is 0.538. The van der Waals surface area contributed by atoms with Crippen molar-refractivity contribution in [1.29, 1.82) is 0 Å². The van der Waals surface area contributed by atoms with E-state index in [1.54, 1.807) is 0 Å². The molecule has 0 unspecified atom stereocenters. The second-order valence-corrected chi connectivity index (χ2v) is 6.93. The van der Waals surface area contributed by atoms with E-state index in [4.69, 9.17) is 11.6 Å². The summed E-state index contributed by atoms with van der Waals surface area (Å²) in [5, 5.41) is 10.1. The fourth-order valence-electron chi connectivity index (χ4n) is 3.05. The van der Waals surface area contributed by atoms with Crippen molar-refractivity contribution in [2.45, 2.75) is 51.1 Å². The van der Waals surface area contributed by atoms with Crippen LogP contribution in [-0.2, 0) is 16.1 Å². The van der Waals surface area contributed by atoms with Gasteiger partial charge in [-0.25, -0.2) is 0 Å². The van der Waals surface area contributed by atoms with E-state index in [1.165, 1.54) is 0 Å². The molecule has 0 heterocycles. The van der Waals surface area contributed by atoms with Crippen molar-refractivity contribution in [2.24, 2.45) is 5.41 Å². The number of carboxylic acid groups (broad SMARTS) is 1. The Labute approximate surface area is 135 Å². The molecule has 2 saturated carbocycles. The lowest BCUT2D eigenvalue weighted by Gasteiger charge is -2.38. The normalized spacial score (nSPS) is 19.3. The quantitative estimate of drug-likeness (QED) is 0.872. The first-order chi connectivity index (χ1) is 10.5. The molecular formula is C17H20ClNO3. The number of rotatable bonds is 6. The molecule has 0 aliphatic heterocycles. The van der Waals surface area contributed by atoms with Crippen LogP contribution in [0.4, 0.5) is 0 Å². The summed E-state index contributed by atoms with van der Waals surface area (Å²) < 4.78 is 0. The van der Waals surface area contributed by atoms with E-state index in [1.807, 2.05) is 29.2 Å². The molecule has 0 atom stereocenters. The fourth-order valence-corrected chi connectivity index (χ4v) is 3.18. The summed E-state index contributed by atoms with van der Waals surface area (Å²) >= 11 is 5.89. The molecule has 1 aromatic rings. The van der Waals surface area contributed by atoms with Gasteiger partial charge in [0.15, 0.2) is 0 Å². The second kappa shape index (κ2) is 5.92. The van der Waals surface area contributed by atoms with Crippen molar-refractivity contribution in [3.05, 3.63) is 34.9 Å². The van der Waals surface area contributed by atoms with E-state index in [-0.39, 0.29) is 18.4 Å². The molecule has 0 saturated heterocycles. The molecule has 0 radical (unpaired) electrons. The molecule has 1 aromatic carbocycles. The van der Waals surface area contributed by atoms with Crippen LogP contribution in [0.2, 0.25) is 5.02 Å². The van der Waals surface area contributed by atoms with Crippen molar-refractivity contribution < 1.29 is 14.7 Å². The Morgan fingerprint density at radius 1 is 1.23 bits per heavy atom. The lowest BCUT2D eigenvalue weighted by Crippen LogP contribution is -2.44. The lowest BCUT2D eigenvalue weighted by atomic mass is 9.66. The van der Waals surface area contributed by atoms with Crippen LogP contribution >= 0.6 is 11.6 Å². The van der Waals surface area contributed by atoms with Gasteiger partial charge in [0.25, 0.3) is 0 Å². The number of aliphatic carboxylic acids is 1. The van der Waals surface area contributed by atoms with E-state index in [9.17, 15) is 14.7 Å². The Balaban J connectivity index is 1.69. The van der Waals surface area contributed by atoms with E-state index >= 15 is 0 Å². The maximum absolute atomic E-state index is 12.6. The number of benzene rings is 1. The molecule has 1 amide bonds. The molecule has 0 spiro atoms. The molecule has 1 N–H and O–H groups in total. The Bertz CT molecular complexity index is 576. The first kappa shape index (κ1) is 15.3. The molecule has 0 aromatic heterocycles. The molecule has 2 aliphatic rings. The molecule has 4 nitrogen and oxygen atoms in total. The van der Waals surface area contributed by atoms with Crippen LogP contribution in [0, 0.1) is 5.41 Å². The number of nitrogens with zero attached hydrogens (tertiary/aromatic N) is 1. The number of hydrogen-bond donors (Lipinski definition) is 1. The smallest absolute Gasteiger partial charge is 0.310 e. The molecule has 5 heteroatoms. The Hall–Kier alpha value is -1.55. The number of carboxylic acids is 1. The zero-order chi connectivity index (χ0) is 15.7. The lowest BCUT2D eigenvalue weighted by molar-refractivity contribution is -0.159. The van der Waals surface area contributed by atoms with Crippen LogP contribution in [0.15, 0.2) is 24.3 Å². The van der Waals surface area contributed by atoms with E-state index in [2.05, 4.69) is 0 Å². The topological polar surface area (TPSA) is 57.6 Å². The SMILES string of the molecule is O=C(CC1(C(=O)O)CCC1)N(Cc1ccc(Cl)cc1)C1CC1. The van der Waals surface area contributed by atoms with Crippen molar-refractivity contribution in [3.63, 3.8) is 0 Å². The minimum atomic E-state index is -0.825. The number of carbonyl (C=O) groups excluding carboxylic acids is 1. The molecule has 118 valence electrons. The van der Waals surface area contributed by atoms with Crippen LogP contribution in [0.3, 0.4) is 0 Å². The van der Waals surface area contributed by atoms with E-state index in [0.717, 1.165) is 24.8 Å². The predicted molar refractivity (Wildman–Crippen MR) is 83.6 cm³/mol. The maximum Gasteiger partial charge on any atom is 0.310 e. The highest BCUT2D eigenvalue weighted by atomic mass is 35.5. The summed E-state index contributed by atoms with van der Waals surface area (Å²) in [6.07, 6.45) is 4.30. The van der Waals surface area contributed by atoms with Gasteiger partial charge in [-0.15, -0.1) is 0 Å². The average Bonchev–Trinajstić information content (AvgIpc) is 3.26. The van der Waals surface area contributed by atoms with Crippen LogP contribution in [-0.4, -0.2) is 27.9 Å².